The number of hydrogen-bond donors (Lipinski definition) is 2. The van der Waals surface area contributed by atoms with E-state index in [0.29, 0.717) is 28.9 Å². The van der Waals surface area contributed by atoms with Crippen LogP contribution in [0.3, 0.4) is 0 Å². The van der Waals surface area contributed by atoms with Gasteiger partial charge in [-0.2, -0.15) is 0 Å². The van der Waals surface area contributed by atoms with Crippen molar-refractivity contribution in [2.45, 2.75) is 13.5 Å². The molecule has 0 bridgehead atoms. The van der Waals surface area contributed by atoms with E-state index in [0.717, 1.165) is 0 Å². The van der Waals surface area contributed by atoms with E-state index in [1.165, 1.54) is 19.1 Å². The fraction of sp³-hybridized carbons (Fsp3) is 0.273. The van der Waals surface area contributed by atoms with E-state index in [-0.39, 0.29) is 10.9 Å². The Labute approximate surface area is 113 Å². The fourth-order valence-electron chi connectivity index (χ4n) is 1.72. The van der Waals surface area contributed by atoms with Gasteiger partial charge in [-0.3, -0.25) is 4.79 Å². The molecule has 0 unspecified atom stereocenters. The first-order valence-corrected chi connectivity index (χ1v) is 6.09. The van der Waals surface area contributed by atoms with Crippen molar-refractivity contribution in [3.63, 3.8) is 0 Å². The molecule has 0 saturated heterocycles. The molecule has 0 radical (unpaired) electrons. The largest absolute Gasteiger partial charge is 0.355 e. The molecule has 2 aromatic rings. The van der Waals surface area contributed by atoms with Crippen molar-refractivity contribution >= 4 is 40.8 Å². The van der Waals surface area contributed by atoms with E-state index in [9.17, 15) is 9.18 Å². The van der Waals surface area contributed by atoms with Gasteiger partial charge in [-0.25, -0.2) is 4.39 Å². The van der Waals surface area contributed by atoms with Gasteiger partial charge in [0.25, 0.3) is 0 Å². The van der Waals surface area contributed by atoms with Crippen molar-refractivity contribution < 1.29 is 9.18 Å². The number of carbonyl (C=O) groups is 1. The highest BCUT2D eigenvalue weighted by Crippen LogP contribution is 2.22. The number of fused-ring (bicyclic) bond motifs is 1. The van der Waals surface area contributed by atoms with Crippen molar-refractivity contribution in [1.82, 2.24) is 14.9 Å². The molecule has 1 aromatic carbocycles. The van der Waals surface area contributed by atoms with E-state index >= 15 is 0 Å². The van der Waals surface area contributed by atoms with Gasteiger partial charge in [0.1, 0.15) is 5.82 Å². The molecule has 0 saturated carbocycles. The van der Waals surface area contributed by atoms with Crippen LogP contribution in [0.5, 0.6) is 0 Å². The Morgan fingerprint density at radius 2 is 2.33 bits per heavy atom. The standard InChI is InChI=1S/C11H11ClFN3OS/c1-6(17)14-2-3-16-10-5-8(13)7(12)4-9(10)15-11(16)18/h4-5H,2-3H2,1H3,(H,14,17)(H,15,18). The number of benzene rings is 1. The number of nitrogens with one attached hydrogen (secondary N) is 2. The first-order valence-electron chi connectivity index (χ1n) is 5.31. The zero-order valence-electron chi connectivity index (χ0n) is 9.59. The smallest absolute Gasteiger partial charge is 0.216 e. The number of imidazole rings is 1. The maximum Gasteiger partial charge on any atom is 0.216 e. The van der Waals surface area contributed by atoms with Gasteiger partial charge >= 0.3 is 0 Å². The number of halogens is 2. The Hall–Kier alpha value is -1.40. The number of hydrogen-bond acceptors (Lipinski definition) is 2. The minimum atomic E-state index is -0.494. The minimum absolute atomic E-state index is 0.0489. The van der Waals surface area contributed by atoms with Crippen LogP contribution in [0.15, 0.2) is 12.1 Å². The van der Waals surface area contributed by atoms with Crippen LogP contribution < -0.4 is 5.32 Å². The predicted octanol–water partition coefficient (Wildman–Crippen LogP) is 2.63. The van der Waals surface area contributed by atoms with Crippen LogP contribution in [0.25, 0.3) is 11.0 Å². The summed E-state index contributed by atoms with van der Waals surface area (Å²) in [6, 6.07) is 2.83. The van der Waals surface area contributed by atoms with Gasteiger partial charge in [0, 0.05) is 26.1 Å². The Bertz CT molecular complexity index is 664. The molecule has 2 N–H and O–H groups in total. The third-order valence-electron chi connectivity index (χ3n) is 2.53. The van der Waals surface area contributed by atoms with Crippen LogP contribution in [0.4, 0.5) is 4.39 Å². The van der Waals surface area contributed by atoms with Gasteiger partial charge in [0.05, 0.1) is 16.1 Å². The lowest BCUT2D eigenvalue weighted by Crippen LogP contribution is -2.24. The van der Waals surface area contributed by atoms with Crippen LogP contribution in [0, 0.1) is 10.6 Å². The SMILES string of the molecule is CC(=O)NCCn1c(=S)[nH]c2cc(Cl)c(F)cc21. The molecule has 1 aromatic heterocycles. The maximum absolute atomic E-state index is 13.4. The summed E-state index contributed by atoms with van der Waals surface area (Å²) in [4.78, 5) is 13.7. The summed E-state index contributed by atoms with van der Waals surface area (Å²) >= 11 is 10.8. The zero-order valence-corrected chi connectivity index (χ0v) is 11.2. The van der Waals surface area contributed by atoms with Crippen LogP contribution >= 0.6 is 23.8 Å². The van der Waals surface area contributed by atoms with E-state index in [4.69, 9.17) is 23.8 Å². The molecule has 96 valence electrons. The monoisotopic (exact) mass is 287 g/mol. The second kappa shape index (κ2) is 5.07. The number of carbonyl (C=O) groups excluding carboxylic acids is 1. The molecule has 7 heteroatoms. The Morgan fingerprint density at radius 1 is 1.61 bits per heavy atom. The Morgan fingerprint density at radius 3 is 3.00 bits per heavy atom. The van der Waals surface area contributed by atoms with E-state index < -0.39 is 5.82 Å². The summed E-state index contributed by atoms with van der Waals surface area (Å²) in [6.45, 7) is 2.34. The molecule has 1 amide bonds. The van der Waals surface area contributed by atoms with Crippen LogP contribution in [0.2, 0.25) is 5.02 Å². The average molecular weight is 288 g/mol. The lowest BCUT2D eigenvalue weighted by atomic mass is 10.3. The third kappa shape index (κ3) is 2.54. The van der Waals surface area contributed by atoms with Crippen molar-refractivity contribution in [2.75, 3.05) is 6.54 Å². The summed E-state index contributed by atoms with van der Waals surface area (Å²) in [5.41, 5.74) is 1.31. The molecular formula is C11H11ClFN3OS. The van der Waals surface area contributed by atoms with Gasteiger partial charge in [-0.05, 0) is 18.3 Å². The second-order valence-corrected chi connectivity index (χ2v) is 4.64. The third-order valence-corrected chi connectivity index (χ3v) is 3.14. The lowest BCUT2D eigenvalue weighted by molar-refractivity contribution is -0.118. The van der Waals surface area contributed by atoms with Crippen molar-refractivity contribution in [1.29, 1.82) is 0 Å². The molecule has 1 heterocycles. The predicted molar refractivity (Wildman–Crippen MR) is 70.8 cm³/mol. The molecule has 4 nitrogen and oxygen atoms in total. The molecule has 0 atom stereocenters. The minimum Gasteiger partial charge on any atom is -0.355 e. The Balaban J connectivity index is 2.37. The van der Waals surface area contributed by atoms with E-state index in [2.05, 4.69) is 10.3 Å². The molecular weight excluding hydrogens is 277 g/mol. The lowest BCUT2D eigenvalue weighted by Gasteiger charge is -2.05. The second-order valence-electron chi connectivity index (χ2n) is 3.85. The topological polar surface area (TPSA) is 49.8 Å². The summed E-state index contributed by atoms with van der Waals surface area (Å²) < 4.78 is 15.6. The van der Waals surface area contributed by atoms with Crippen molar-refractivity contribution in [2.24, 2.45) is 0 Å². The first-order chi connectivity index (χ1) is 8.49. The van der Waals surface area contributed by atoms with Crippen molar-refractivity contribution in [3.05, 3.63) is 27.7 Å². The average Bonchev–Trinajstić information content (AvgIpc) is 2.56. The molecule has 2 rings (SSSR count). The number of amides is 1. The molecule has 0 spiro atoms. The van der Waals surface area contributed by atoms with Gasteiger partial charge in [-0.1, -0.05) is 11.6 Å². The van der Waals surface area contributed by atoms with Crippen LogP contribution in [0.1, 0.15) is 6.92 Å². The zero-order chi connectivity index (χ0) is 13.3. The normalized spacial score (nSPS) is 10.8. The van der Waals surface area contributed by atoms with Crippen LogP contribution in [-0.2, 0) is 11.3 Å². The highest BCUT2D eigenvalue weighted by atomic mass is 35.5. The van der Waals surface area contributed by atoms with Crippen molar-refractivity contribution in [3.8, 4) is 0 Å². The quantitative estimate of drug-likeness (QED) is 0.853. The number of H-pyrrole nitrogens is 1. The molecule has 0 aliphatic rings. The fourth-order valence-corrected chi connectivity index (χ4v) is 2.18. The number of aromatic nitrogens is 2. The summed E-state index contributed by atoms with van der Waals surface area (Å²) in [5.74, 6) is -0.609. The summed E-state index contributed by atoms with van der Waals surface area (Å²) in [6.07, 6.45) is 0. The van der Waals surface area contributed by atoms with Gasteiger partial charge in [0.15, 0.2) is 4.77 Å². The van der Waals surface area contributed by atoms with Crippen LogP contribution in [-0.4, -0.2) is 22.0 Å². The number of rotatable bonds is 3. The van der Waals surface area contributed by atoms with E-state index in [1.54, 1.807) is 4.57 Å². The van der Waals surface area contributed by atoms with Gasteiger partial charge in [-0.15, -0.1) is 0 Å². The first kappa shape index (κ1) is 13.0. The van der Waals surface area contributed by atoms with Gasteiger partial charge < -0.3 is 14.9 Å². The highest BCUT2D eigenvalue weighted by molar-refractivity contribution is 7.71. The molecule has 18 heavy (non-hydrogen) atoms. The number of nitrogens with zero attached hydrogens (tertiary/aromatic N) is 1. The number of aromatic amines is 1. The molecule has 0 aliphatic carbocycles. The molecule has 0 aliphatic heterocycles. The van der Waals surface area contributed by atoms with Gasteiger partial charge in [0.2, 0.25) is 5.91 Å². The molecule has 0 fully saturated rings. The highest BCUT2D eigenvalue weighted by Gasteiger charge is 2.08. The summed E-state index contributed by atoms with van der Waals surface area (Å²) in [7, 11) is 0. The summed E-state index contributed by atoms with van der Waals surface area (Å²) in [5, 5.41) is 2.71. The Kier molecular flexibility index (Phi) is 3.68. The maximum atomic E-state index is 13.4. The van der Waals surface area contributed by atoms with E-state index in [1.807, 2.05) is 0 Å².